The van der Waals surface area contributed by atoms with E-state index in [9.17, 15) is 0 Å². The number of carbonyl (C=O) groups is 2. The molecule has 0 radical (unpaired) electrons. The Labute approximate surface area is 187 Å². The molecular weight excluding hydrogens is 436 g/mol. The second-order valence-electron chi connectivity index (χ2n) is 7.64. The molecule has 0 atom stereocenters. The molecule has 0 bridgehead atoms. The van der Waals surface area contributed by atoms with Gasteiger partial charge in [-0.3, -0.25) is 9.59 Å². The third-order valence-corrected chi connectivity index (χ3v) is 10.5. The molecule has 0 saturated heterocycles. The van der Waals surface area contributed by atoms with Crippen LogP contribution in [0.1, 0.15) is 69.2 Å². The molecule has 0 fully saturated rings. The third-order valence-electron chi connectivity index (χ3n) is 3.75. The summed E-state index contributed by atoms with van der Waals surface area (Å²) in [5, 5.41) is 18.5. The summed E-state index contributed by atoms with van der Waals surface area (Å²) < 4.78 is 0. The topological polar surface area (TPSA) is 86.6 Å². The Kier molecular flexibility index (Phi) is 28.0. The minimum absolute atomic E-state index is 0. The molecule has 5 nitrogen and oxygen atoms in total. The molecule has 0 spiro atoms. The van der Waals surface area contributed by atoms with Crippen LogP contribution in [-0.2, 0) is 26.7 Å². The zero-order valence-electron chi connectivity index (χ0n) is 19.6. The molecule has 172 valence electrons. The number of aliphatic carboxylic acids is 2. The Balaban J connectivity index is -0.000000270. The first-order valence-electron chi connectivity index (χ1n) is 9.85. The van der Waals surface area contributed by atoms with Gasteiger partial charge in [-0.2, -0.15) is 0 Å². The Bertz CT molecular complexity index is 323. The molecule has 0 aliphatic rings. The minimum atomic E-state index is -0.833. The van der Waals surface area contributed by atoms with Gasteiger partial charge in [0.1, 0.15) is 0 Å². The van der Waals surface area contributed by atoms with Crippen molar-refractivity contribution in [3.63, 3.8) is 0 Å². The molecule has 0 unspecified atom stereocenters. The summed E-state index contributed by atoms with van der Waals surface area (Å²) in [5.74, 6) is -1.67. The van der Waals surface area contributed by atoms with Crippen LogP contribution in [0.25, 0.3) is 0 Å². The van der Waals surface area contributed by atoms with Crippen molar-refractivity contribution in [2.75, 3.05) is 25.4 Å². The van der Waals surface area contributed by atoms with Gasteiger partial charge in [0.2, 0.25) is 0 Å². The van der Waals surface area contributed by atoms with Crippen molar-refractivity contribution in [3.05, 3.63) is 0 Å². The standard InChI is InChI=1S/C16H37NP2.2C2H4O2.Fe/c1-13(2)18(14(3)4)11-9-17-10-12-19(15(5)6)16(7)8;2*1-2(3)4;/h13-17H,9-12H2,1-8H3;2*1H3,(H,3,4);. The van der Waals surface area contributed by atoms with E-state index in [1.54, 1.807) is 0 Å². The zero-order chi connectivity index (χ0) is 22.2. The second kappa shape index (κ2) is 22.0. The van der Waals surface area contributed by atoms with Crippen molar-refractivity contribution in [3.8, 4) is 0 Å². The van der Waals surface area contributed by atoms with Crippen LogP contribution in [-0.4, -0.2) is 70.2 Å². The fourth-order valence-corrected chi connectivity index (χ4v) is 8.05. The summed E-state index contributed by atoms with van der Waals surface area (Å²) in [6, 6.07) is 0. The van der Waals surface area contributed by atoms with E-state index in [4.69, 9.17) is 19.8 Å². The van der Waals surface area contributed by atoms with E-state index >= 15 is 0 Å². The Hall–Kier alpha value is 0.279. The van der Waals surface area contributed by atoms with Gasteiger partial charge in [0.15, 0.2) is 0 Å². The molecule has 0 aromatic rings. The zero-order valence-corrected chi connectivity index (χ0v) is 22.5. The predicted molar refractivity (Wildman–Crippen MR) is 124 cm³/mol. The monoisotopic (exact) mass is 481 g/mol. The Morgan fingerprint density at radius 3 is 1.00 bits per heavy atom. The SMILES string of the molecule is CC(=O)O.CC(=O)O.CC(C)P(CCNCCP(C(C)C)C(C)C)C(C)C.[Fe]. The normalized spacial score (nSPS) is 10.6. The van der Waals surface area contributed by atoms with Gasteiger partial charge in [0, 0.05) is 30.9 Å². The van der Waals surface area contributed by atoms with Crippen LogP contribution in [0.2, 0.25) is 0 Å². The minimum Gasteiger partial charge on any atom is -0.481 e. The Morgan fingerprint density at radius 1 is 0.679 bits per heavy atom. The largest absolute Gasteiger partial charge is 0.481 e. The number of carboxylic acids is 2. The smallest absolute Gasteiger partial charge is 0.300 e. The van der Waals surface area contributed by atoms with E-state index in [0.29, 0.717) is 0 Å². The number of hydrogen-bond acceptors (Lipinski definition) is 3. The van der Waals surface area contributed by atoms with E-state index in [-0.39, 0.29) is 32.9 Å². The van der Waals surface area contributed by atoms with Gasteiger partial charge in [-0.05, 0) is 48.0 Å². The molecule has 8 heteroatoms. The molecule has 0 aliphatic carbocycles. The summed E-state index contributed by atoms with van der Waals surface area (Å²) >= 11 is 0. The van der Waals surface area contributed by atoms with E-state index in [0.717, 1.165) is 36.5 Å². The van der Waals surface area contributed by atoms with Crippen molar-refractivity contribution < 1.29 is 36.9 Å². The second-order valence-corrected chi connectivity index (χ2v) is 14.7. The summed E-state index contributed by atoms with van der Waals surface area (Å²) in [5.41, 5.74) is 3.50. The maximum Gasteiger partial charge on any atom is 0.300 e. The van der Waals surface area contributed by atoms with Crippen molar-refractivity contribution >= 4 is 27.8 Å². The first kappa shape index (κ1) is 35.7. The van der Waals surface area contributed by atoms with Gasteiger partial charge in [-0.1, -0.05) is 55.4 Å². The first-order chi connectivity index (χ1) is 12.2. The number of nitrogens with one attached hydrogen (secondary N) is 1. The van der Waals surface area contributed by atoms with Crippen molar-refractivity contribution in [1.82, 2.24) is 5.32 Å². The number of rotatable bonds is 10. The molecule has 0 saturated carbocycles. The third kappa shape index (κ3) is 28.5. The van der Waals surface area contributed by atoms with Gasteiger partial charge in [0.05, 0.1) is 0 Å². The van der Waals surface area contributed by atoms with Crippen molar-refractivity contribution in [1.29, 1.82) is 0 Å². The summed E-state index contributed by atoms with van der Waals surface area (Å²) in [6.07, 6.45) is 2.79. The van der Waals surface area contributed by atoms with Gasteiger partial charge in [-0.15, -0.1) is 15.8 Å². The average molecular weight is 481 g/mol. The molecule has 28 heavy (non-hydrogen) atoms. The van der Waals surface area contributed by atoms with Crippen LogP contribution in [0.15, 0.2) is 0 Å². The van der Waals surface area contributed by atoms with E-state index < -0.39 is 11.9 Å². The molecule has 0 aromatic carbocycles. The molecule has 3 N–H and O–H groups in total. The molecular formula is C20H45FeNO4P2. The molecule has 0 aromatic heterocycles. The summed E-state index contributed by atoms with van der Waals surface area (Å²) in [7, 11) is 0.415. The van der Waals surface area contributed by atoms with E-state index in [2.05, 4.69) is 60.7 Å². The maximum atomic E-state index is 9.00. The van der Waals surface area contributed by atoms with Crippen molar-refractivity contribution in [2.24, 2.45) is 0 Å². The van der Waals surface area contributed by atoms with Gasteiger partial charge in [0.25, 0.3) is 11.9 Å². The van der Waals surface area contributed by atoms with Gasteiger partial charge < -0.3 is 15.5 Å². The molecule has 0 aliphatic heterocycles. The quantitative estimate of drug-likeness (QED) is 0.222. The molecule has 0 rings (SSSR count). The van der Waals surface area contributed by atoms with Crippen LogP contribution in [0.3, 0.4) is 0 Å². The van der Waals surface area contributed by atoms with E-state index in [1.165, 1.54) is 25.4 Å². The fourth-order valence-electron chi connectivity index (χ4n) is 2.77. The van der Waals surface area contributed by atoms with Crippen LogP contribution in [0.5, 0.6) is 0 Å². The van der Waals surface area contributed by atoms with E-state index in [1.807, 2.05) is 0 Å². The van der Waals surface area contributed by atoms with Crippen LogP contribution in [0.4, 0.5) is 0 Å². The molecule has 0 amide bonds. The Morgan fingerprint density at radius 2 is 0.857 bits per heavy atom. The number of hydrogen-bond donors (Lipinski definition) is 3. The fraction of sp³-hybridized carbons (Fsp3) is 0.900. The number of carboxylic acid groups (broad SMARTS) is 2. The van der Waals surface area contributed by atoms with Gasteiger partial charge in [-0.25, -0.2) is 0 Å². The van der Waals surface area contributed by atoms with Gasteiger partial charge >= 0.3 is 0 Å². The summed E-state index contributed by atoms with van der Waals surface area (Å²) in [6.45, 7) is 23.7. The molecule has 0 heterocycles. The van der Waals surface area contributed by atoms with Crippen LogP contribution in [0, 0.1) is 0 Å². The van der Waals surface area contributed by atoms with Crippen LogP contribution < -0.4 is 5.32 Å². The summed E-state index contributed by atoms with van der Waals surface area (Å²) in [4.78, 5) is 18.0. The van der Waals surface area contributed by atoms with Crippen molar-refractivity contribution in [2.45, 2.75) is 91.9 Å². The average Bonchev–Trinajstić information content (AvgIpc) is 2.43. The van der Waals surface area contributed by atoms with Crippen LogP contribution >= 0.6 is 15.8 Å². The predicted octanol–water partition coefficient (Wildman–Crippen LogP) is 5.35. The first-order valence-corrected chi connectivity index (χ1v) is 13.2. The maximum absolute atomic E-state index is 9.00.